The summed E-state index contributed by atoms with van der Waals surface area (Å²) in [6.45, 7) is 5.17. The van der Waals surface area contributed by atoms with E-state index in [4.69, 9.17) is 5.73 Å². The van der Waals surface area contributed by atoms with Gasteiger partial charge in [0, 0.05) is 18.8 Å². The number of piperidine rings is 1. The molecular weight excluding hydrogens is 240 g/mol. The molecule has 1 unspecified atom stereocenters. The third-order valence-corrected chi connectivity index (χ3v) is 3.95. The van der Waals surface area contributed by atoms with E-state index in [0.29, 0.717) is 30.3 Å². The van der Waals surface area contributed by atoms with E-state index in [1.54, 1.807) is 6.07 Å². The molecule has 1 atom stereocenters. The van der Waals surface area contributed by atoms with Gasteiger partial charge in [-0.1, -0.05) is 6.07 Å². The van der Waals surface area contributed by atoms with Crippen LogP contribution in [0.15, 0.2) is 18.2 Å². The molecule has 4 heteroatoms. The molecule has 4 nitrogen and oxygen atoms in total. The van der Waals surface area contributed by atoms with Gasteiger partial charge < -0.3 is 15.7 Å². The van der Waals surface area contributed by atoms with Crippen molar-refractivity contribution in [2.75, 3.05) is 18.8 Å². The molecule has 0 bridgehead atoms. The van der Waals surface area contributed by atoms with Gasteiger partial charge in [-0.05, 0) is 50.3 Å². The number of nitrogens with two attached hydrogens (primary N) is 1. The smallest absolute Gasteiger partial charge is 0.255 e. The molecule has 1 heterocycles. The van der Waals surface area contributed by atoms with Crippen molar-refractivity contribution in [3.63, 3.8) is 0 Å². The predicted octanol–water partition coefficient (Wildman–Crippen LogP) is 1.81. The molecule has 1 aromatic rings. The van der Waals surface area contributed by atoms with E-state index in [9.17, 15) is 9.90 Å². The van der Waals surface area contributed by atoms with Crippen LogP contribution in [0, 0.1) is 12.8 Å². The molecule has 0 aromatic heterocycles. The molecule has 3 N–H and O–H groups in total. The summed E-state index contributed by atoms with van der Waals surface area (Å²) in [4.78, 5) is 14.2. The average molecular weight is 262 g/mol. The van der Waals surface area contributed by atoms with Crippen molar-refractivity contribution in [1.82, 2.24) is 4.90 Å². The quantitative estimate of drug-likeness (QED) is 0.799. The Bertz CT molecular complexity index is 463. The first-order chi connectivity index (χ1) is 8.99. The highest BCUT2D eigenvalue weighted by Gasteiger charge is 2.26. The number of benzene rings is 1. The topological polar surface area (TPSA) is 66.6 Å². The standard InChI is InChI=1S/C15H22N2O2/c1-10-3-4-13(14(16)9-10)15(19)17-7-5-12(6-8-17)11(2)18/h3-4,9,11-12,18H,5-8,16H2,1-2H3. The minimum absolute atomic E-state index is 0.00143. The molecule has 1 saturated heterocycles. The lowest BCUT2D eigenvalue weighted by Crippen LogP contribution is -2.40. The Labute approximate surface area is 114 Å². The van der Waals surface area contributed by atoms with Gasteiger partial charge in [-0.15, -0.1) is 0 Å². The summed E-state index contributed by atoms with van der Waals surface area (Å²) in [5.74, 6) is 0.306. The van der Waals surface area contributed by atoms with Crippen LogP contribution in [0.1, 0.15) is 35.7 Å². The number of carbonyl (C=O) groups is 1. The number of anilines is 1. The molecule has 1 aliphatic rings. The third kappa shape index (κ3) is 3.07. The van der Waals surface area contributed by atoms with Crippen LogP contribution >= 0.6 is 0 Å². The molecule has 0 aliphatic carbocycles. The minimum Gasteiger partial charge on any atom is -0.398 e. The van der Waals surface area contributed by atoms with E-state index in [2.05, 4.69) is 0 Å². The SMILES string of the molecule is Cc1ccc(C(=O)N2CCC(C(C)O)CC2)c(N)c1. The molecule has 1 aliphatic heterocycles. The van der Waals surface area contributed by atoms with E-state index in [1.165, 1.54) is 0 Å². The average Bonchev–Trinajstić information content (AvgIpc) is 2.38. The monoisotopic (exact) mass is 262 g/mol. The fourth-order valence-electron chi connectivity index (χ4n) is 2.63. The maximum absolute atomic E-state index is 12.4. The Balaban J connectivity index is 2.05. The number of aryl methyl sites for hydroxylation is 1. The number of hydrogen-bond acceptors (Lipinski definition) is 3. The highest BCUT2D eigenvalue weighted by atomic mass is 16.3. The Kier molecular flexibility index (Phi) is 4.10. The minimum atomic E-state index is -0.290. The maximum Gasteiger partial charge on any atom is 0.255 e. The number of likely N-dealkylation sites (tertiary alicyclic amines) is 1. The predicted molar refractivity (Wildman–Crippen MR) is 75.9 cm³/mol. The molecule has 2 rings (SSSR count). The number of aliphatic hydroxyl groups excluding tert-OH is 1. The summed E-state index contributed by atoms with van der Waals surface area (Å²) in [6.07, 6.45) is 1.42. The van der Waals surface area contributed by atoms with Crippen molar-refractivity contribution in [3.05, 3.63) is 29.3 Å². The summed E-state index contributed by atoms with van der Waals surface area (Å²) in [5.41, 5.74) is 8.10. The molecule has 1 aromatic carbocycles. The second-order valence-corrected chi connectivity index (χ2v) is 5.46. The van der Waals surface area contributed by atoms with Crippen molar-refractivity contribution in [3.8, 4) is 0 Å². The van der Waals surface area contributed by atoms with Gasteiger partial charge in [-0.2, -0.15) is 0 Å². The number of nitrogens with zero attached hydrogens (tertiary/aromatic N) is 1. The van der Waals surface area contributed by atoms with E-state index in [-0.39, 0.29) is 12.0 Å². The van der Waals surface area contributed by atoms with Gasteiger partial charge in [0.1, 0.15) is 0 Å². The van der Waals surface area contributed by atoms with Crippen molar-refractivity contribution >= 4 is 11.6 Å². The van der Waals surface area contributed by atoms with Gasteiger partial charge in [0.25, 0.3) is 5.91 Å². The first-order valence-electron chi connectivity index (χ1n) is 6.82. The Morgan fingerprint density at radius 1 is 1.42 bits per heavy atom. The van der Waals surface area contributed by atoms with E-state index < -0.39 is 0 Å². The van der Waals surface area contributed by atoms with Crippen LogP contribution in [-0.4, -0.2) is 35.1 Å². The van der Waals surface area contributed by atoms with Crippen LogP contribution in [0.4, 0.5) is 5.69 Å². The number of hydrogen-bond donors (Lipinski definition) is 2. The lowest BCUT2D eigenvalue weighted by molar-refractivity contribution is 0.0522. The van der Waals surface area contributed by atoms with Gasteiger partial charge in [0.15, 0.2) is 0 Å². The zero-order chi connectivity index (χ0) is 14.0. The molecule has 0 radical (unpaired) electrons. The second-order valence-electron chi connectivity index (χ2n) is 5.46. The van der Waals surface area contributed by atoms with Crippen molar-refractivity contribution in [2.45, 2.75) is 32.8 Å². The second kappa shape index (κ2) is 5.61. The third-order valence-electron chi connectivity index (χ3n) is 3.95. The van der Waals surface area contributed by atoms with Crippen molar-refractivity contribution in [2.24, 2.45) is 5.92 Å². The zero-order valence-corrected chi connectivity index (χ0v) is 11.6. The van der Waals surface area contributed by atoms with E-state index in [0.717, 1.165) is 18.4 Å². The van der Waals surface area contributed by atoms with E-state index >= 15 is 0 Å². The Hall–Kier alpha value is -1.55. The first-order valence-corrected chi connectivity index (χ1v) is 6.82. The van der Waals surface area contributed by atoms with Gasteiger partial charge in [0.05, 0.1) is 11.7 Å². The Morgan fingerprint density at radius 3 is 2.58 bits per heavy atom. The summed E-state index contributed by atoms with van der Waals surface area (Å²) >= 11 is 0. The number of rotatable bonds is 2. The van der Waals surface area contributed by atoms with Gasteiger partial charge >= 0.3 is 0 Å². The lowest BCUT2D eigenvalue weighted by atomic mass is 9.92. The highest BCUT2D eigenvalue weighted by Crippen LogP contribution is 2.23. The van der Waals surface area contributed by atoms with Gasteiger partial charge in [0.2, 0.25) is 0 Å². The highest BCUT2D eigenvalue weighted by molar-refractivity contribution is 5.99. The van der Waals surface area contributed by atoms with Crippen LogP contribution in [-0.2, 0) is 0 Å². The molecule has 0 saturated carbocycles. The molecular formula is C15H22N2O2. The molecule has 1 amide bonds. The summed E-state index contributed by atoms with van der Waals surface area (Å²) < 4.78 is 0. The Morgan fingerprint density at radius 2 is 2.05 bits per heavy atom. The molecule has 19 heavy (non-hydrogen) atoms. The molecule has 0 spiro atoms. The number of nitrogen functional groups attached to an aromatic ring is 1. The van der Waals surface area contributed by atoms with Crippen LogP contribution < -0.4 is 5.73 Å². The van der Waals surface area contributed by atoms with Gasteiger partial charge in [-0.3, -0.25) is 4.79 Å². The number of amides is 1. The van der Waals surface area contributed by atoms with Crippen molar-refractivity contribution < 1.29 is 9.90 Å². The van der Waals surface area contributed by atoms with Crippen LogP contribution in [0.2, 0.25) is 0 Å². The normalized spacial score (nSPS) is 18.4. The van der Waals surface area contributed by atoms with Gasteiger partial charge in [-0.25, -0.2) is 0 Å². The maximum atomic E-state index is 12.4. The fourth-order valence-corrected chi connectivity index (χ4v) is 2.63. The lowest BCUT2D eigenvalue weighted by Gasteiger charge is -2.33. The van der Waals surface area contributed by atoms with Crippen LogP contribution in [0.5, 0.6) is 0 Å². The van der Waals surface area contributed by atoms with Crippen molar-refractivity contribution in [1.29, 1.82) is 0 Å². The summed E-state index contributed by atoms with van der Waals surface area (Å²) in [7, 11) is 0. The zero-order valence-electron chi connectivity index (χ0n) is 11.6. The molecule has 1 fully saturated rings. The number of carbonyl (C=O) groups excluding carboxylic acids is 1. The van der Waals surface area contributed by atoms with Crippen LogP contribution in [0.3, 0.4) is 0 Å². The number of aliphatic hydroxyl groups is 1. The molecule has 104 valence electrons. The summed E-state index contributed by atoms with van der Waals surface area (Å²) in [5, 5.41) is 9.57. The van der Waals surface area contributed by atoms with E-state index in [1.807, 2.05) is 30.9 Å². The fraction of sp³-hybridized carbons (Fsp3) is 0.533. The van der Waals surface area contributed by atoms with Crippen LogP contribution in [0.25, 0.3) is 0 Å². The first kappa shape index (κ1) is 13.9. The summed E-state index contributed by atoms with van der Waals surface area (Å²) in [6, 6.07) is 5.54. The largest absolute Gasteiger partial charge is 0.398 e.